The summed E-state index contributed by atoms with van der Waals surface area (Å²) in [6.07, 6.45) is 3.75. The van der Waals surface area contributed by atoms with Gasteiger partial charge in [0.1, 0.15) is 5.75 Å². The number of ether oxygens (including phenoxy) is 1. The molecule has 0 atom stereocenters. The molecule has 6 heteroatoms. The van der Waals surface area contributed by atoms with Gasteiger partial charge in [0.2, 0.25) is 10.0 Å². The second-order valence-corrected chi connectivity index (χ2v) is 6.96. The minimum Gasteiger partial charge on any atom is -0.497 e. The molecule has 2 rings (SSSR count). The van der Waals surface area contributed by atoms with Crippen molar-refractivity contribution in [3.05, 3.63) is 24.3 Å². The average molecular weight is 322 g/mol. The predicted molar refractivity (Wildman–Crippen MR) is 86.2 cm³/mol. The van der Waals surface area contributed by atoms with Crippen LogP contribution in [0.25, 0.3) is 0 Å². The lowest BCUT2D eigenvalue weighted by Gasteiger charge is -2.23. The maximum Gasteiger partial charge on any atom is 0.241 e. The number of hydrogen-bond donors (Lipinski definition) is 1. The van der Waals surface area contributed by atoms with Gasteiger partial charge < -0.3 is 4.74 Å². The fourth-order valence-corrected chi connectivity index (χ4v) is 3.29. The maximum atomic E-state index is 12.1. The van der Waals surface area contributed by atoms with Gasteiger partial charge >= 0.3 is 0 Å². The largest absolute Gasteiger partial charge is 0.497 e. The molecule has 0 aromatic heterocycles. The van der Waals surface area contributed by atoms with Gasteiger partial charge in [0.05, 0.1) is 25.1 Å². The fourth-order valence-electron chi connectivity index (χ4n) is 2.33. The van der Waals surface area contributed by atoms with Crippen molar-refractivity contribution >= 4 is 10.0 Å². The normalized spacial score (nSPS) is 15.9. The number of likely N-dealkylation sites (tertiary alicyclic amines) is 1. The summed E-state index contributed by atoms with van der Waals surface area (Å²) in [6, 6.07) is 6.38. The molecule has 1 aliphatic heterocycles. The molecule has 1 aliphatic rings. The Balaban J connectivity index is 1.84. The van der Waals surface area contributed by atoms with E-state index in [4.69, 9.17) is 4.74 Å². The molecular formula is C16H22N2O3S. The number of hydrogen-bond acceptors (Lipinski definition) is 4. The number of benzene rings is 1. The van der Waals surface area contributed by atoms with E-state index in [1.54, 1.807) is 12.1 Å². The zero-order valence-electron chi connectivity index (χ0n) is 12.8. The molecule has 0 amide bonds. The summed E-state index contributed by atoms with van der Waals surface area (Å²) in [5.41, 5.74) is 0. The highest BCUT2D eigenvalue weighted by Gasteiger charge is 2.13. The number of nitrogens with zero attached hydrogens (tertiary/aromatic N) is 1. The van der Waals surface area contributed by atoms with Crippen LogP contribution in [0.4, 0.5) is 0 Å². The first-order valence-corrected chi connectivity index (χ1v) is 8.92. The SMILES string of the molecule is COc1cccc(S(=O)(=O)NCC#CCN2CCCCC2)c1. The monoisotopic (exact) mass is 322 g/mol. The minimum absolute atomic E-state index is 0.118. The van der Waals surface area contributed by atoms with Crippen LogP contribution >= 0.6 is 0 Å². The van der Waals surface area contributed by atoms with Gasteiger partial charge in [0, 0.05) is 6.07 Å². The van der Waals surface area contributed by atoms with E-state index in [0.29, 0.717) is 12.3 Å². The lowest BCUT2D eigenvalue weighted by atomic mass is 10.1. The van der Waals surface area contributed by atoms with Crippen molar-refractivity contribution in [2.24, 2.45) is 0 Å². The summed E-state index contributed by atoms with van der Waals surface area (Å²) in [7, 11) is -2.04. The van der Waals surface area contributed by atoms with E-state index in [9.17, 15) is 8.42 Å². The Morgan fingerprint density at radius 1 is 1.23 bits per heavy atom. The molecule has 1 aromatic carbocycles. The zero-order valence-corrected chi connectivity index (χ0v) is 13.7. The molecular weight excluding hydrogens is 300 g/mol. The Morgan fingerprint density at radius 3 is 2.73 bits per heavy atom. The van der Waals surface area contributed by atoms with E-state index < -0.39 is 10.0 Å². The third-order valence-corrected chi connectivity index (χ3v) is 4.98. The third kappa shape index (κ3) is 5.02. The second-order valence-electron chi connectivity index (χ2n) is 5.19. The quantitative estimate of drug-likeness (QED) is 0.834. The standard InChI is InChI=1S/C16H22N2O3S/c1-21-15-8-7-9-16(14-15)22(19,20)17-10-3-6-13-18-11-4-2-5-12-18/h7-9,14,17H,2,4-5,10-13H2,1H3. The molecule has 1 heterocycles. The zero-order chi connectivity index (χ0) is 15.8. The van der Waals surface area contributed by atoms with E-state index in [2.05, 4.69) is 21.5 Å². The van der Waals surface area contributed by atoms with Crippen LogP contribution in [-0.4, -0.2) is 46.6 Å². The van der Waals surface area contributed by atoms with Crippen LogP contribution in [0, 0.1) is 11.8 Å². The predicted octanol–water partition coefficient (Wildman–Crippen LogP) is 1.46. The Kier molecular flexibility index (Phi) is 6.25. The van der Waals surface area contributed by atoms with Gasteiger partial charge in [0.25, 0.3) is 0 Å². The summed E-state index contributed by atoms with van der Waals surface area (Å²) in [6.45, 7) is 3.00. The third-order valence-electron chi connectivity index (χ3n) is 3.58. The lowest BCUT2D eigenvalue weighted by molar-refractivity contribution is 0.255. The number of nitrogens with one attached hydrogen (secondary N) is 1. The lowest BCUT2D eigenvalue weighted by Crippen LogP contribution is -2.30. The summed E-state index contributed by atoms with van der Waals surface area (Å²) < 4.78 is 31.8. The van der Waals surface area contributed by atoms with Crippen molar-refractivity contribution in [1.29, 1.82) is 0 Å². The molecule has 0 aliphatic carbocycles. The molecule has 0 radical (unpaired) electrons. The molecule has 5 nitrogen and oxygen atoms in total. The number of rotatable bonds is 5. The Bertz CT molecular complexity index is 641. The van der Waals surface area contributed by atoms with Crippen molar-refractivity contribution in [2.75, 3.05) is 33.3 Å². The maximum absolute atomic E-state index is 12.1. The molecule has 0 unspecified atom stereocenters. The van der Waals surface area contributed by atoms with Crippen LogP contribution < -0.4 is 9.46 Å². The van der Waals surface area contributed by atoms with Crippen LogP contribution in [0.1, 0.15) is 19.3 Å². The van der Waals surface area contributed by atoms with Gasteiger partial charge in [-0.05, 0) is 38.1 Å². The number of sulfonamides is 1. The first-order valence-electron chi connectivity index (χ1n) is 7.43. The molecule has 1 fully saturated rings. The van der Waals surface area contributed by atoms with Crippen LogP contribution in [0.5, 0.6) is 5.75 Å². The van der Waals surface area contributed by atoms with Gasteiger partial charge in [-0.2, -0.15) is 4.72 Å². The summed E-state index contributed by atoms with van der Waals surface area (Å²) in [4.78, 5) is 2.48. The van der Waals surface area contributed by atoms with Crippen molar-refractivity contribution < 1.29 is 13.2 Å². The van der Waals surface area contributed by atoms with E-state index in [-0.39, 0.29) is 11.4 Å². The number of methoxy groups -OCH3 is 1. The summed E-state index contributed by atoms with van der Waals surface area (Å²) >= 11 is 0. The Hall–Kier alpha value is -1.55. The topological polar surface area (TPSA) is 58.6 Å². The first-order chi connectivity index (χ1) is 10.6. The molecule has 22 heavy (non-hydrogen) atoms. The van der Waals surface area contributed by atoms with E-state index in [0.717, 1.165) is 13.1 Å². The fraction of sp³-hybridized carbons (Fsp3) is 0.500. The Labute approximate surface area is 132 Å². The van der Waals surface area contributed by atoms with Crippen LogP contribution in [-0.2, 0) is 10.0 Å². The minimum atomic E-state index is -3.54. The molecule has 120 valence electrons. The molecule has 0 spiro atoms. The van der Waals surface area contributed by atoms with Crippen LogP contribution in [0.2, 0.25) is 0 Å². The number of piperidine rings is 1. The Morgan fingerprint density at radius 2 is 2.00 bits per heavy atom. The van der Waals surface area contributed by atoms with Gasteiger partial charge in [-0.1, -0.05) is 24.3 Å². The highest BCUT2D eigenvalue weighted by Crippen LogP contribution is 2.16. The van der Waals surface area contributed by atoms with E-state index >= 15 is 0 Å². The summed E-state index contributed by atoms with van der Waals surface area (Å²) in [5, 5.41) is 0. The van der Waals surface area contributed by atoms with Gasteiger partial charge in [-0.3, -0.25) is 4.90 Å². The highest BCUT2D eigenvalue weighted by atomic mass is 32.2. The van der Waals surface area contributed by atoms with Crippen molar-refractivity contribution in [3.63, 3.8) is 0 Å². The van der Waals surface area contributed by atoms with Gasteiger partial charge in [0.15, 0.2) is 0 Å². The molecule has 0 saturated carbocycles. The van der Waals surface area contributed by atoms with Crippen LogP contribution in [0.3, 0.4) is 0 Å². The van der Waals surface area contributed by atoms with Crippen molar-refractivity contribution in [3.8, 4) is 17.6 Å². The van der Waals surface area contributed by atoms with E-state index in [1.807, 2.05) is 0 Å². The smallest absolute Gasteiger partial charge is 0.241 e. The van der Waals surface area contributed by atoms with Crippen molar-refractivity contribution in [2.45, 2.75) is 24.2 Å². The molecule has 1 saturated heterocycles. The molecule has 1 aromatic rings. The molecule has 1 N–H and O–H groups in total. The second kappa shape index (κ2) is 8.18. The first kappa shape index (κ1) is 16.8. The van der Waals surface area contributed by atoms with Crippen LogP contribution in [0.15, 0.2) is 29.2 Å². The highest BCUT2D eigenvalue weighted by molar-refractivity contribution is 7.89. The summed E-state index contributed by atoms with van der Waals surface area (Å²) in [5.74, 6) is 6.41. The average Bonchev–Trinajstić information content (AvgIpc) is 2.55. The van der Waals surface area contributed by atoms with Gasteiger partial charge in [-0.25, -0.2) is 8.42 Å². The van der Waals surface area contributed by atoms with Crippen molar-refractivity contribution in [1.82, 2.24) is 9.62 Å². The van der Waals surface area contributed by atoms with Gasteiger partial charge in [-0.15, -0.1) is 0 Å². The molecule has 0 bridgehead atoms. The van der Waals surface area contributed by atoms with E-state index in [1.165, 1.54) is 38.5 Å².